The third-order valence-corrected chi connectivity index (χ3v) is 9.21. The van der Waals surface area contributed by atoms with Gasteiger partial charge >= 0.3 is 6.09 Å². The van der Waals surface area contributed by atoms with Gasteiger partial charge in [0.25, 0.3) is 15.9 Å². The van der Waals surface area contributed by atoms with E-state index < -0.39 is 40.9 Å². The van der Waals surface area contributed by atoms with E-state index in [2.05, 4.69) is 5.32 Å². The molecule has 14 heteroatoms. The topological polar surface area (TPSA) is 153 Å². The van der Waals surface area contributed by atoms with Crippen molar-refractivity contribution in [1.82, 2.24) is 14.7 Å². The van der Waals surface area contributed by atoms with Crippen LogP contribution in [0.2, 0.25) is 0 Å². The molecule has 3 aliphatic rings. The van der Waals surface area contributed by atoms with Crippen LogP contribution in [0, 0.1) is 5.92 Å². The number of hydroxylamine groups is 1. The van der Waals surface area contributed by atoms with Crippen molar-refractivity contribution in [1.29, 1.82) is 0 Å². The minimum Gasteiger partial charge on any atom is -0.484 e. The first-order valence-electron chi connectivity index (χ1n) is 14.1. The maximum Gasteiger partial charge on any atom is 0.407 e. The molecule has 3 fully saturated rings. The first-order valence-corrected chi connectivity index (χ1v) is 15.5. The molecular formula is C27H41N3O10S. The molecule has 230 valence electrons. The number of carbonyl (C=O) groups excluding carboxylic acids is 2. The van der Waals surface area contributed by atoms with Crippen LogP contribution in [0.3, 0.4) is 0 Å². The quantitative estimate of drug-likeness (QED) is 0.320. The number of likely N-dealkylation sites (N-methyl/N-ethyl adjacent to an activating group) is 1. The van der Waals surface area contributed by atoms with Crippen LogP contribution in [0.5, 0.6) is 5.75 Å². The van der Waals surface area contributed by atoms with Crippen LogP contribution in [0.25, 0.3) is 0 Å². The lowest BCUT2D eigenvalue weighted by Crippen LogP contribution is -2.50. The van der Waals surface area contributed by atoms with E-state index in [4.69, 9.17) is 23.8 Å². The fourth-order valence-corrected chi connectivity index (χ4v) is 6.43. The molecule has 1 aromatic rings. The SMILES string of the molecule is CC[C@H](NC(=O)OC1CO[C@H]2OCC[C@@H]12)[C@H](O)CN(OC1CCCC1)S(=O)(=O)c1cccc(OCC(=O)N(C)C)c1. The van der Waals surface area contributed by atoms with Crippen LogP contribution >= 0.6 is 0 Å². The van der Waals surface area contributed by atoms with Crippen molar-refractivity contribution in [3.63, 3.8) is 0 Å². The number of rotatable bonds is 13. The number of ether oxygens (including phenoxy) is 4. The summed E-state index contributed by atoms with van der Waals surface area (Å²) in [4.78, 5) is 31.8. The number of fused-ring (bicyclic) bond motifs is 1. The van der Waals surface area contributed by atoms with Gasteiger partial charge < -0.3 is 34.3 Å². The van der Waals surface area contributed by atoms with Gasteiger partial charge in [0.15, 0.2) is 12.9 Å². The van der Waals surface area contributed by atoms with Crippen LogP contribution in [0.15, 0.2) is 29.2 Å². The zero-order chi connectivity index (χ0) is 29.6. The minimum atomic E-state index is -4.26. The maximum absolute atomic E-state index is 13.7. The molecule has 1 aliphatic carbocycles. The fraction of sp³-hybridized carbons (Fsp3) is 0.704. The summed E-state index contributed by atoms with van der Waals surface area (Å²) in [6, 6.07) is 4.95. The van der Waals surface area contributed by atoms with Gasteiger partial charge in [-0.2, -0.15) is 0 Å². The highest BCUT2D eigenvalue weighted by molar-refractivity contribution is 7.89. The Bertz CT molecular complexity index is 1140. The van der Waals surface area contributed by atoms with E-state index in [1.54, 1.807) is 27.1 Å². The van der Waals surface area contributed by atoms with Gasteiger partial charge in [0.05, 0.1) is 48.8 Å². The molecule has 2 aliphatic heterocycles. The molecular weight excluding hydrogens is 558 g/mol. The first kappa shape index (κ1) is 31.4. The Kier molecular flexibility index (Phi) is 10.8. The first-order chi connectivity index (χ1) is 19.6. The number of alkyl carbamates (subject to hydrolysis) is 1. The summed E-state index contributed by atoms with van der Waals surface area (Å²) < 4.78 is 50.3. The number of nitrogens with zero attached hydrogens (tertiary/aromatic N) is 2. The second-order valence-corrected chi connectivity index (χ2v) is 12.6. The number of aliphatic hydroxyl groups excluding tert-OH is 1. The Hall–Kier alpha value is -2.49. The Labute approximate surface area is 241 Å². The summed E-state index contributed by atoms with van der Waals surface area (Å²) in [6.45, 7) is 1.86. The summed E-state index contributed by atoms with van der Waals surface area (Å²) in [6.07, 6.45) is 1.06. The van der Waals surface area contributed by atoms with Crippen LogP contribution in [-0.2, 0) is 33.9 Å². The number of aliphatic hydroxyl groups is 1. The summed E-state index contributed by atoms with van der Waals surface area (Å²) >= 11 is 0. The molecule has 1 saturated carbocycles. The number of benzene rings is 1. The van der Waals surface area contributed by atoms with Crippen LogP contribution in [0.1, 0.15) is 45.4 Å². The Morgan fingerprint density at radius 3 is 2.63 bits per heavy atom. The predicted molar refractivity (Wildman–Crippen MR) is 145 cm³/mol. The standard InChI is InChI=1S/C27H41N3O10S/c1-4-22(28-27(33)39-24-16-38-26-21(24)12-13-36-26)23(31)15-30(40-18-8-5-6-9-18)41(34,35)20-11-7-10-19(14-20)37-17-25(32)29(2)3/h7,10-11,14,18,21-24,26,31H,4-6,8-9,12-13,15-17H2,1-3H3,(H,28,33)/t21-,22-,23+,24?,26+/m0/s1. The van der Waals surface area contributed by atoms with Crippen molar-refractivity contribution < 1.29 is 46.9 Å². The lowest BCUT2D eigenvalue weighted by atomic mass is 10.0. The van der Waals surface area contributed by atoms with Crippen molar-refractivity contribution in [2.75, 3.05) is 40.5 Å². The summed E-state index contributed by atoms with van der Waals surface area (Å²) in [5.41, 5.74) is 0. The molecule has 0 spiro atoms. The molecule has 0 radical (unpaired) electrons. The zero-order valence-corrected chi connectivity index (χ0v) is 24.6. The highest BCUT2D eigenvalue weighted by Crippen LogP contribution is 2.33. The Morgan fingerprint density at radius 1 is 1.17 bits per heavy atom. The van der Waals surface area contributed by atoms with Gasteiger partial charge in [-0.05, 0) is 37.8 Å². The van der Waals surface area contributed by atoms with Gasteiger partial charge in [-0.1, -0.05) is 30.3 Å². The second kappa shape index (κ2) is 14.1. The van der Waals surface area contributed by atoms with Gasteiger partial charge in [0.1, 0.15) is 11.9 Å². The second-order valence-electron chi connectivity index (χ2n) is 10.7. The van der Waals surface area contributed by atoms with E-state index in [-0.39, 0.29) is 48.1 Å². The normalized spacial score (nSPS) is 24.2. The van der Waals surface area contributed by atoms with Crippen molar-refractivity contribution in [3.05, 3.63) is 24.3 Å². The van der Waals surface area contributed by atoms with E-state index in [1.165, 1.54) is 23.1 Å². The highest BCUT2D eigenvalue weighted by Gasteiger charge is 2.44. The largest absolute Gasteiger partial charge is 0.484 e. The Balaban J connectivity index is 1.44. The van der Waals surface area contributed by atoms with Crippen molar-refractivity contribution >= 4 is 22.0 Å². The molecule has 2 N–H and O–H groups in total. The molecule has 4 rings (SSSR count). The molecule has 5 atom stereocenters. The molecule has 2 saturated heterocycles. The number of nitrogens with one attached hydrogen (secondary N) is 1. The third kappa shape index (κ3) is 8.08. The van der Waals surface area contributed by atoms with Gasteiger partial charge in [0, 0.05) is 20.2 Å². The predicted octanol–water partition coefficient (Wildman–Crippen LogP) is 1.65. The smallest absolute Gasteiger partial charge is 0.407 e. The number of hydrogen-bond donors (Lipinski definition) is 2. The highest BCUT2D eigenvalue weighted by atomic mass is 32.2. The molecule has 13 nitrogen and oxygen atoms in total. The monoisotopic (exact) mass is 599 g/mol. The van der Waals surface area contributed by atoms with E-state index in [1.807, 2.05) is 0 Å². The average molecular weight is 600 g/mol. The van der Waals surface area contributed by atoms with Gasteiger partial charge in [-0.25, -0.2) is 13.2 Å². The van der Waals surface area contributed by atoms with E-state index in [9.17, 15) is 23.1 Å². The van der Waals surface area contributed by atoms with Crippen LogP contribution in [0.4, 0.5) is 4.79 Å². The molecule has 1 aromatic carbocycles. The Morgan fingerprint density at radius 2 is 1.93 bits per heavy atom. The van der Waals surface area contributed by atoms with E-state index >= 15 is 0 Å². The number of carbonyl (C=O) groups is 2. The number of sulfonamides is 1. The van der Waals surface area contributed by atoms with Gasteiger partial charge in [-0.15, -0.1) is 0 Å². The number of amides is 2. The fourth-order valence-electron chi connectivity index (χ4n) is 5.09. The van der Waals surface area contributed by atoms with Crippen molar-refractivity contribution in [3.8, 4) is 5.75 Å². The van der Waals surface area contributed by atoms with Gasteiger partial charge in [0.2, 0.25) is 0 Å². The molecule has 41 heavy (non-hydrogen) atoms. The number of hydrogen-bond acceptors (Lipinski definition) is 10. The summed E-state index contributed by atoms with van der Waals surface area (Å²) in [7, 11) is -1.07. The summed E-state index contributed by atoms with van der Waals surface area (Å²) in [5, 5.41) is 13.8. The van der Waals surface area contributed by atoms with Gasteiger partial charge in [-0.3, -0.25) is 9.63 Å². The van der Waals surface area contributed by atoms with Crippen molar-refractivity contribution in [2.24, 2.45) is 5.92 Å². The van der Waals surface area contributed by atoms with E-state index in [0.717, 1.165) is 23.7 Å². The third-order valence-electron chi connectivity index (χ3n) is 7.59. The lowest BCUT2D eigenvalue weighted by molar-refractivity contribution is -0.145. The molecule has 0 bridgehead atoms. The van der Waals surface area contributed by atoms with Crippen molar-refractivity contribution in [2.45, 2.75) is 81.0 Å². The molecule has 1 unspecified atom stereocenters. The van der Waals surface area contributed by atoms with E-state index in [0.29, 0.717) is 25.9 Å². The van der Waals surface area contributed by atoms with Crippen LogP contribution in [-0.4, -0.2) is 106 Å². The van der Waals surface area contributed by atoms with Crippen LogP contribution < -0.4 is 10.1 Å². The molecule has 0 aromatic heterocycles. The lowest BCUT2D eigenvalue weighted by Gasteiger charge is -2.30. The maximum atomic E-state index is 13.7. The minimum absolute atomic E-state index is 0.0352. The summed E-state index contributed by atoms with van der Waals surface area (Å²) in [5.74, 6) is -0.114. The zero-order valence-electron chi connectivity index (χ0n) is 23.8. The molecule has 2 amide bonds. The molecule has 2 heterocycles. The average Bonchev–Trinajstić information content (AvgIpc) is 3.71.